The summed E-state index contributed by atoms with van der Waals surface area (Å²) in [6.45, 7) is 8.19. The molecule has 0 bridgehead atoms. The molecule has 0 amide bonds. The molecule has 0 fully saturated rings. The van der Waals surface area contributed by atoms with Crippen LogP contribution in [0.5, 0.6) is 0 Å². The van der Waals surface area contributed by atoms with Crippen molar-refractivity contribution in [2.45, 2.75) is 39.8 Å². The highest BCUT2D eigenvalue weighted by Gasteiger charge is 2.19. The van der Waals surface area contributed by atoms with Gasteiger partial charge in [0.05, 0.1) is 12.2 Å². The van der Waals surface area contributed by atoms with E-state index in [1.54, 1.807) is 11.3 Å². The molecule has 110 valence electrons. The van der Waals surface area contributed by atoms with Gasteiger partial charge in [-0.15, -0.1) is 11.3 Å². The minimum atomic E-state index is 0.150. The van der Waals surface area contributed by atoms with Crippen molar-refractivity contribution in [3.63, 3.8) is 0 Å². The number of anilines is 1. The zero-order valence-corrected chi connectivity index (χ0v) is 13.6. The maximum absolute atomic E-state index is 6.00. The summed E-state index contributed by atoms with van der Waals surface area (Å²) in [7, 11) is 2.02. The number of nitrogens with zero attached hydrogens (tertiary/aromatic N) is 3. The molecule has 0 aromatic carbocycles. The Kier molecular flexibility index (Phi) is 4.83. The van der Waals surface area contributed by atoms with Gasteiger partial charge in [0.15, 0.2) is 0 Å². The first-order valence-electron chi connectivity index (χ1n) is 7.08. The summed E-state index contributed by atoms with van der Waals surface area (Å²) in [6.07, 6.45) is 0.871. The van der Waals surface area contributed by atoms with Crippen molar-refractivity contribution in [1.82, 2.24) is 9.78 Å². The van der Waals surface area contributed by atoms with Gasteiger partial charge in [0.25, 0.3) is 0 Å². The predicted molar refractivity (Wildman–Crippen MR) is 86.3 cm³/mol. The topological polar surface area (TPSA) is 47.1 Å². The van der Waals surface area contributed by atoms with Crippen LogP contribution in [-0.2, 0) is 20.0 Å². The Balaban J connectivity index is 2.33. The van der Waals surface area contributed by atoms with Crippen molar-refractivity contribution in [1.29, 1.82) is 0 Å². The standard InChI is InChI=1S/C15H24N4S/c1-5-19(10-13-7-6-8-20-13)15-14(9-11(2)16)12(3)17-18(15)4/h6-8,11H,5,9-10,16H2,1-4H3. The third kappa shape index (κ3) is 3.22. The summed E-state index contributed by atoms with van der Waals surface area (Å²) < 4.78 is 1.99. The Labute approximate surface area is 125 Å². The minimum Gasteiger partial charge on any atom is -0.352 e. The molecule has 0 saturated heterocycles. The second kappa shape index (κ2) is 6.41. The second-order valence-corrected chi connectivity index (χ2v) is 6.32. The fourth-order valence-electron chi connectivity index (χ4n) is 2.57. The SMILES string of the molecule is CCN(Cc1cccs1)c1c(CC(C)N)c(C)nn1C. The highest BCUT2D eigenvalue weighted by atomic mass is 32.1. The maximum Gasteiger partial charge on any atom is 0.130 e. The average Bonchev–Trinajstić information content (AvgIpc) is 2.96. The van der Waals surface area contributed by atoms with Gasteiger partial charge in [-0.25, -0.2) is 0 Å². The van der Waals surface area contributed by atoms with E-state index in [-0.39, 0.29) is 6.04 Å². The van der Waals surface area contributed by atoms with Crippen LogP contribution in [0.3, 0.4) is 0 Å². The number of hydrogen-bond donors (Lipinski definition) is 1. The molecular formula is C15H24N4S. The Bertz CT molecular complexity index is 542. The van der Waals surface area contributed by atoms with Crippen molar-refractivity contribution in [3.05, 3.63) is 33.6 Å². The van der Waals surface area contributed by atoms with Crippen LogP contribution in [0.4, 0.5) is 5.82 Å². The van der Waals surface area contributed by atoms with Crippen LogP contribution in [0, 0.1) is 6.92 Å². The number of aryl methyl sites for hydroxylation is 2. The van der Waals surface area contributed by atoms with Gasteiger partial charge in [-0.1, -0.05) is 6.07 Å². The van der Waals surface area contributed by atoms with Crippen molar-refractivity contribution < 1.29 is 0 Å². The van der Waals surface area contributed by atoms with Crippen LogP contribution in [0.1, 0.15) is 30.0 Å². The Hall–Kier alpha value is -1.33. The molecule has 0 aliphatic carbocycles. The molecule has 2 aromatic heterocycles. The van der Waals surface area contributed by atoms with Crippen LogP contribution in [0.2, 0.25) is 0 Å². The zero-order valence-electron chi connectivity index (χ0n) is 12.8. The smallest absolute Gasteiger partial charge is 0.130 e. The molecular weight excluding hydrogens is 268 g/mol. The number of rotatable bonds is 6. The Morgan fingerprint density at radius 3 is 2.80 bits per heavy atom. The third-order valence-corrected chi connectivity index (χ3v) is 4.31. The zero-order chi connectivity index (χ0) is 14.7. The lowest BCUT2D eigenvalue weighted by Gasteiger charge is -2.24. The molecule has 4 nitrogen and oxygen atoms in total. The van der Waals surface area contributed by atoms with E-state index in [1.807, 2.05) is 18.7 Å². The normalized spacial score (nSPS) is 12.7. The van der Waals surface area contributed by atoms with E-state index in [4.69, 9.17) is 5.73 Å². The van der Waals surface area contributed by atoms with E-state index in [9.17, 15) is 0 Å². The van der Waals surface area contributed by atoms with E-state index in [2.05, 4.69) is 41.4 Å². The van der Waals surface area contributed by atoms with E-state index in [0.29, 0.717) is 0 Å². The predicted octanol–water partition coefficient (Wildman–Crippen LogP) is 2.71. The van der Waals surface area contributed by atoms with Crippen LogP contribution >= 0.6 is 11.3 Å². The van der Waals surface area contributed by atoms with E-state index >= 15 is 0 Å². The fraction of sp³-hybridized carbons (Fsp3) is 0.533. The van der Waals surface area contributed by atoms with Crippen molar-refractivity contribution in [3.8, 4) is 0 Å². The van der Waals surface area contributed by atoms with Gasteiger partial charge >= 0.3 is 0 Å². The van der Waals surface area contributed by atoms with Gasteiger partial charge in [-0.05, 0) is 38.6 Å². The summed E-state index contributed by atoms with van der Waals surface area (Å²) in [6, 6.07) is 4.43. The van der Waals surface area contributed by atoms with Gasteiger partial charge in [0.1, 0.15) is 5.82 Å². The van der Waals surface area contributed by atoms with Gasteiger partial charge in [0, 0.05) is 30.1 Å². The molecule has 2 heterocycles. The quantitative estimate of drug-likeness (QED) is 0.890. The van der Waals surface area contributed by atoms with Crippen molar-refractivity contribution in [2.75, 3.05) is 11.4 Å². The first-order chi connectivity index (χ1) is 9.52. The second-order valence-electron chi connectivity index (χ2n) is 5.29. The molecule has 0 radical (unpaired) electrons. The van der Waals surface area contributed by atoms with Crippen molar-refractivity contribution >= 4 is 17.2 Å². The van der Waals surface area contributed by atoms with Crippen molar-refractivity contribution in [2.24, 2.45) is 12.8 Å². The molecule has 0 saturated carbocycles. The summed E-state index contributed by atoms with van der Waals surface area (Å²) >= 11 is 1.80. The summed E-state index contributed by atoms with van der Waals surface area (Å²) in [5.74, 6) is 1.20. The highest BCUT2D eigenvalue weighted by Crippen LogP contribution is 2.26. The van der Waals surface area contributed by atoms with Gasteiger partial charge in [0.2, 0.25) is 0 Å². The lowest BCUT2D eigenvalue weighted by atomic mass is 10.1. The molecule has 2 rings (SSSR count). The largest absolute Gasteiger partial charge is 0.352 e. The molecule has 2 N–H and O–H groups in total. The van der Waals surface area contributed by atoms with Gasteiger partial charge in [-0.2, -0.15) is 5.10 Å². The summed E-state index contributed by atoms with van der Waals surface area (Å²) in [4.78, 5) is 3.75. The van der Waals surface area contributed by atoms with Crippen LogP contribution in [0.25, 0.3) is 0 Å². The van der Waals surface area contributed by atoms with E-state index < -0.39 is 0 Å². The number of hydrogen-bond acceptors (Lipinski definition) is 4. The lowest BCUT2D eigenvalue weighted by Crippen LogP contribution is -2.26. The van der Waals surface area contributed by atoms with Gasteiger partial charge in [-0.3, -0.25) is 4.68 Å². The van der Waals surface area contributed by atoms with Gasteiger partial charge < -0.3 is 10.6 Å². The molecule has 1 atom stereocenters. The van der Waals surface area contributed by atoms with Crippen LogP contribution in [-0.4, -0.2) is 22.4 Å². The number of aromatic nitrogens is 2. The molecule has 0 spiro atoms. The number of thiophene rings is 1. The monoisotopic (exact) mass is 292 g/mol. The maximum atomic E-state index is 6.00. The molecule has 20 heavy (non-hydrogen) atoms. The van der Waals surface area contributed by atoms with E-state index in [0.717, 1.165) is 25.2 Å². The summed E-state index contributed by atoms with van der Waals surface area (Å²) in [5, 5.41) is 6.71. The first-order valence-corrected chi connectivity index (χ1v) is 7.96. The molecule has 0 aliphatic heterocycles. The van der Waals surface area contributed by atoms with Crippen LogP contribution < -0.4 is 10.6 Å². The molecule has 0 aliphatic rings. The summed E-state index contributed by atoms with van der Waals surface area (Å²) in [5.41, 5.74) is 8.36. The van der Waals surface area contributed by atoms with E-state index in [1.165, 1.54) is 16.3 Å². The molecule has 1 unspecified atom stereocenters. The van der Waals surface area contributed by atoms with Crippen LogP contribution in [0.15, 0.2) is 17.5 Å². The highest BCUT2D eigenvalue weighted by molar-refractivity contribution is 7.09. The molecule has 5 heteroatoms. The lowest BCUT2D eigenvalue weighted by molar-refractivity contribution is 0.698. The molecule has 2 aromatic rings. The third-order valence-electron chi connectivity index (χ3n) is 3.45. The average molecular weight is 292 g/mol. The Morgan fingerprint density at radius 2 is 2.25 bits per heavy atom. The Morgan fingerprint density at radius 1 is 1.50 bits per heavy atom. The first kappa shape index (κ1) is 15.1. The number of nitrogens with two attached hydrogens (primary N) is 1. The minimum absolute atomic E-state index is 0.150. The fourth-order valence-corrected chi connectivity index (χ4v) is 3.29.